The van der Waals surface area contributed by atoms with E-state index in [-0.39, 0.29) is 23.0 Å². The SMILES string of the molecule is CCOC(=O)c1c(C)c[n+](CCc2ccccc2)cc1C.[Br-]. The van der Waals surface area contributed by atoms with Crippen LogP contribution in [0.4, 0.5) is 0 Å². The van der Waals surface area contributed by atoms with Gasteiger partial charge in [-0.3, -0.25) is 0 Å². The number of rotatable bonds is 5. The highest BCUT2D eigenvalue weighted by molar-refractivity contribution is 5.92. The maximum Gasteiger partial charge on any atom is 0.339 e. The van der Waals surface area contributed by atoms with Gasteiger partial charge in [-0.1, -0.05) is 30.3 Å². The Bertz CT molecular complexity index is 603. The third-order valence-electron chi connectivity index (χ3n) is 3.49. The Morgan fingerprint density at radius 2 is 1.68 bits per heavy atom. The summed E-state index contributed by atoms with van der Waals surface area (Å²) < 4.78 is 7.25. The van der Waals surface area contributed by atoms with Crippen molar-refractivity contribution in [1.82, 2.24) is 0 Å². The van der Waals surface area contributed by atoms with Crippen molar-refractivity contribution in [2.45, 2.75) is 33.7 Å². The molecule has 118 valence electrons. The fourth-order valence-electron chi connectivity index (χ4n) is 2.53. The van der Waals surface area contributed by atoms with Crippen LogP contribution in [0.25, 0.3) is 0 Å². The van der Waals surface area contributed by atoms with Gasteiger partial charge in [0.2, 0.25) is 0 Å². The smallest absolute Gasteiger partial charge is 0.339 e. The Balaban J connectivity index is 0.00000242. The predicted molar refractivity (Wildman–Crippen MR) is 82.2 cm³/mol. The van der Waals surface area contributed by atoms with Crippen LogP contribution in [-0.4, -0.2) is 12.6 Å². The van der Waals surface area contributed by atoms with Crippen molar-refractivity contribution in [2.24, 2.45) is 0 Å². The molecule has 0 amide bonds. The molecule has 0 fully saturated rings. The molecule has 2 aromatic rings. The molecule has 0 spiro atoms. The molecule has 2 rings (SSSR count). The zero-order chi connectivity index (χ0) is 15.2. The maximum atomic E-state index is 11.9. The van der Waals surface area contributed by atoms with Gasteiger partial charge in [-0.15, -0.1) is 0 Å². The summed E-state index contributed by atoms with van der Waals surface area (Å²) in [5.41, 5.74) is 3.92. The largest absolute Gasteiger partial charge is 1.00 e. The number of aryl methyl sites for hydroxylation is 4. The second kappa shape index (κ2) is 8.69. The van der Waals surface area contributed by atoms with E-state index < -0.39 is 0 Å². The number of ether oxygens (including phenoxy) is 1. The third kappa shape index (κ3) is 4.67. The summed E-state index contributed by atoms with van der Waals surface area (Å²) in [6.07, 6.45) is 5.01. The summed E-state index contributed by atoms with van der Waals surface area (Å²) in [5, 5.41) is 0. The molecular weight excluding hydrogens is 342 g/mol. The third-order valence-corrected chi connectivity index (χ3v) is 3.49. The minimum atomic E-state index is -0.234. The lowest BCUT2D eigenvalue weighted by atomic mass is 10.1. The van der Waals surface area contributed by atoms with Crippen molar-refractivity contribution in [2.75, 3.05) is 6.61 Å². The van der Waals surface area contributed by atoms with Crippen molar-refractivity contribution in [3.8, 4) is 0 Å². The summed E-state index contributed by atoms with van der Waals surface area (Å²) in [6, 6.07) is 10.4. The molecule has 0 atom stereocenters. The maximum absolute atomic E-state index is 11.9. The van der Waals surface area contributed by atoms with Crippen LogP contribution in [0.3, 0.4) is 0 Å². The number of carbonyl (C=O) groups excluding carboxylic acids is 1. The normalized spacial score (nSPS) is 9.95. The van der Waals surface area contributed by atoms with E-state index in [2.05, 4.69) is 28.8 Å². The Morgan fingerprint density at radius 1 is 1.09 bits per heavy atom. The molecule has 0 saturated heterocycles. The minimum absolute atomic E-state index is 0. The molecule has 22 heavy (non-hydrogen) atoms. The van der Waals surface area contributed by atoms with Crippen molar-refractivity contribution in [3.63, 3.8) is 0 Å². The van der Waals surface area contributed by atoms with E-state index in [1.807, 2.05) is 39.2 Å². The summed E-state index contributed by atoms with van der Waals surface area (Å²) in [7, 11) is 0. The Morgan fingerprint density at radius 3 is 2.23 bits per heavy atom. The van der Waals surface area contributed by atoms with Crippen LogP contribution in [0, 0.1) is 13.8 Å². The zero-order valence-electron chi connectivity index (χ0n) is 13.3. The molecule has 1 heterocycles. The van der Waals surface area contributed by atoms with Crippen LogP contribution in [0.5, 0.6) is 0 Å². The summed E-state index contributed by atoms with van der Waals surface area (Å²) in [5.74, 6) is -0.234. The molecule has 1 aromatic heterocycles. The first kappa shape index (κ1) is 18.4. The molecule has 3 nitrogen and oxygen atoms in total. The molecular formula is C18H22BrNO2. The Hall–Kier alpha value is -1.68. The number of hydrogen-bond acceptors (Lipinski definition) is 2. The Labute approximate surface area is 142 Å². The van der Waals surface area contributed by atoms with Gasteiger partial charge in [0.05, 0.1) is 12.2 Å². The van der Waals surface area contributed by atoms with Gasteiger partial charge in [0.1, 0.15) is 0 Å². The lowest BCUT2D eigenvalue weighted by Crippen LogP contribution is -3.00. The zero-order valence-corrected chi connectivity index (χ0v) is 14.9. The fraction of sp³-hybridized carbons (Fsp3) is 0.333. The number of carbonyl (C=O) groups is 1. The highest BCUT2D eigenvalue weighted by atomic mass is 79.9. The summed E-state index contributed by atoms with van der Waals surface area (Å²) in [4.78, 5) is 11.9. The van der Waals surface area contributed by atoms with Crippen molar-refractivity contribution < 1.29 is 31.1 Å². The van der Waals surface area contributed by atoms with Crippen LogP contribution in [-0.2, 0) is 17.7 Å². The van der Waals surface area contributed by atoms with Gasteiger partial charge in [-0.25, -0.2) is 9.36 Å². The minimum Gasteiger partial charge on any atom is -1.00 e. The molecule has 0 aliphatic heterocycles. The van der Waals surface area contributed by atoms with Crippen molar-refractivity contribution in [1.29, 1.82) is 0 Å². The van der Waals surface area contributed by atoms with Gasteiger partial charge in [0.15, 0.2) is 18.9 Å². The molecule has 0 saturated carbocycles. The molecule has 0 bridgehead atoms. The average molecular weight is 364 g/mol. The summed E-state index contributed by atoms with van der Waals surface area (Å²) in [6.45, 7) is 7.04. The number of pyridine rings is 1. The predicted octanol–water partition coefficient (Wildman–Crippen LogP) is 0.0143. The first-order chi connectivity index (χ1) is 10.1. The van der Waals surface area contributed by atoms with Gasteiger partial charge < -0.3 is 21.7 Å². The highest BCUT2D eigenvalue weighted by Crippen LogP contribution is 2.12. The van der Waals surface area contributed by atoms with Crippen LogP contribution < -0.4 is 21.5 Å². The monoisotopic (exact) mass is 363 g/mol. The van der Waals surface area contributed by atoms with Gasteiger partial charge in [0.25, 0.3) is 0 Å². The van der Waals surface area contributed by atoms with E-state index in [1.54, 1.807) is 0 Å². The first-order valence-corrected chi connectivity index (χ1v) is 7.33. The number of hydrogen-bond donors (Lipinski definition) is 0. The number of esters is 1. The van der Waals surface area contributed by atoms with Gasteiger partial charge in [-0.05, 0) is 26.3 Å². The van der Waals surface area contributed by atoms with E-state index in [0.717, 1.165) is 24.1 Å². The van der Waals surface area contributed by atoms with E-state index >= 15 is 0 Å². The molecule has 4 heteroatoms. The molecule has 0 aliphatic rings. The number of nitrogens with zero attached hydrogens (tertiary/aromatic N) is 1. The Kier molecular flexibility index (Phi) is 7.25. The molecule has 0 radical (unpaired) electrons. The van der Waals surface area contributed by atoms with Crippen LogP contribution in [0.15, 0.2) is 42.7 Å². The van der Waals surface area contributed by atoms with Crippen LogP contribution >= 0.6 is 0 Å². The van der Waals surface area contributed by atoms with E-state index in [9.17, 15) is 4.79 Å². The van der Waals surface area contributed by atoms with Gasteiger partial charge in [0, 0.05) is 17.5 Å². The topological polar surface area (TPSA) is 30.2 Å². The van der Waals surface area contributed by atoms with Gasteiger partial charge in [-0.2, -0.15) is 0 Å². The number of aromatic nitrogens is 1. The van der Waals surface area contributed by atoms with E-state index in [0.29, 0.717) is 12.2 Å². The van der Waals surface area contributed by atoms with E-state index in [1.165, 1.54) is 5.56 Å². The number of benzene rings is 1. The highest BCUT2D eigenvalue weighted by Gasteiger charge is 2.18. The van der Waals surface area contributed by atoms with Gasteiger partial charge >= 0.3 is 5.97 Å². The van der Waals surface area contributed by atoms with E-state index in [4.69, 9.17) is 4.74 Å². The first-order valence-electron chi connectivity index (χ1n) is 7.33. The number of halogens is 1. The lowest BCUT2D eigenvalue weighted by Gasteiger charge is -2.08. The quantitative estimate of drug-likeness (QED) is 0.553. The summed E-state index contributed by atoms with van der Waals surface area (Å²) >= 11 is 0. The second-order valence-electron chi connectivity index (χ2n) is 5.19. The lowest BCUT2D eigenvalue weighted by molar-refractivity contribution is -0.697. The van der Waals surface area contributed by atoms with Crippen molar-refractivity contribution in [3.05, 3.63) is 65.0 Å². The fourth-order valence-corrected chi connectivity index (χ4v) is 2.53. The molecule has 1 aromatic carbocycles. The molecule has 0 N–H and O–H groups in total. The van der Waals surface area contributed by atoms with Crippen LogP contribution in [0.1, 0.15) is 34.0 Å². The molecule has 0 aliphatic carbocycles. The van der Waals surface area contributed by atoms with Crippen molar-refractivity contribution >= 4 is 5.97 Å². The average Bonchev–Trinajstić information content (AvgIpc) is 2.46. The molecule has 0 unspecified atom stereocenters. The standard InChI is InChI=1S/C18H22NO2.BrH/c1-4-21-18(20)17-14(2)12-19(13-15(17)3)11-10-16-8-6-5-7-9-16;/h5-9,12-13H,4,10-11H2,1-3H3;1H/q+1;/p-1. The van der Waals surface area contributed by atoms with Crippen LogP contribution in [0.2, 0.25) is 0 Å². The second-order valence-corrected chi connectivity index (χ2v) is 5.19.